The summed E-state index contributed by atoms with van der Waals surface area (Å²) in [7, 11) is 0. The Morgan fingerprint density at radius 1 is 1.37 bits per heavy atom. The summed E-state index contributed by atoms with van der Waals surface area (Å²) in [6, 6.07) is 8.25. The molecule has 1 aromatic carbocycles. The number of nitriles is 1. The minimum atomic E-state index is -0.230. The molecule has 1 N–H and O–H groups in total. The van der Waals surface area contributed by atoms with E-state index in [2.05, 4.69) is 11.4 Å². The fourth-order valence-corrected chi connectivity index (χ4v) is 2.06. The highest BCUT2D eigenvalue weighted by atomic mass is 16.7. The number of rotatable bonds is 6. The van der Waals surface area contributed by atoms with Crippen molar-refractivity contribution in [1.29, 1.82) is 5.26 Å². The Morgan fingerprint density at radius 2 is 2.21 bits per heavy atom. The Labute approximate surface area is 114 Å². The van der Waals surface area contributed by atoms with Crippen LogP contribution in [0, 0.1) is 16.7 Å². The molecule has 1 heterocycles. The molecule has 102 valence electrons. The van der Waals surface area contributed by atoms with Crippen LogP contribution >= 0.6 is 0 Å². The summed E-state index contributed by atoms with van der Waals surface area (Å²) in [5.74, 6) is 1.68. The summed E-state index contributed by atoms with van der Waals surface area (Å²) in [5.41, 5.74) is 0.890. The van der Waals surface area contributed by atoms with Gasteiger partial charge < -0.3 is 14.8 Å². The van der Waals surface area contributed by atoms with Crippen LogP contribution in [0.1, 0.15) is 32.3 Å². The normalized spacial score (nSPS) is 13.3. The van der Waals surface area contributed by atoms with Crippen molar-refractivity contribution in [2.75, 3.05) is 13.3 Å². The number of nitrogens with one attached hydrogen (secondary N) is 1. The number of ether oxygens (including phenoxy) is 2. The van der Waals surface area contributed by atoms with Crippen LogP contribution in [-0.2, 0) is 6.54 Å². The molecule has 0 saturated heterocycles. The van der Waals surface area contributed by atoms with Gasteiger partial charge in [-0.2, -0.15) is 5.26 Å². The van der Waals surface area contributed by atoms with E-state index in [1.165, 1.54) is 0 Å². The van der Waals surface area contributed by atoms with E-state index in [0.29, 0.717) is 6.79 Å². The topological polar surface area (TPSA) is 54.3 Å². The first-order chi connectivity index (χ1) is 9.12. The van der Waals surface area contributed by atoms with Crippen LogP contribution in [0.5, 0.6) is 11.5 Å². The first kappa shape index (κ1) is 13.7. The molecule has 1 aromatic rings. The molecule has 0 amide bonds. The third kappa shape index (κ3) is 3.62. The van der Waals surface area contributed by atoms with Crippen molar-refractivity contribution in [2.45, 2.75) is 33.2 Å². The zero-order chi connectivity index (χ0) is 13.7. The Morgan fingerprint density at radius 3 is 3.00 bits per heavy atom. The van der Waals surface area contributed by atoms with Crippen LogP contribution < -0.4 is 14.8 Å². The Kier molecular flexibility index (Phi) is 4.28. The highest BCUT2D eigenvalue weighted by Crippen LogP contribution is 2.35. The number of para-hydroxylation sites is 1. The standard InChI is InChI=1S/C15H20N2O2/c1-15(2,10-16)7-4-8-17-9-12-5-3-6-13-14(12)19-11-18-13/h3,5-6,17H,4,7-9,11H2,1-2H3. The molecule has 0 unspecified atom stereocenters. The van der Waals surface area contributed by atoms with Gasteiger partial charge in [0.25, 0.3) is 0 Å². The lowest BCUT2D eigenvalue weighted by Crippen LogP contribution is -2.17. The zero-order valence-electron chi connectivity index (χ0n) is 11.5. The average molecular weight is 260 g/mol. The van der Waals surface area contributed by atoms with Crippen molar-refractivity contribution >= 4 is 0 Å². The SMILES string of the molecule is CC(C)(C#N)CCCNCc1cccc2c1OCO2. The lowest BCUT2D eigenvalue weighted by Gasteiger charge is -2.14. The quantitative estimate of drug-likeness (QED) is 0.799. The van der Waals surface area contributed by atoms with Gasteiger partial charge in [0.15, 0.2) is 11.5 Å². The maximum Gasteiger partial charge on any atom is 0.231 e. The van der Waals surface area contributed by atoms with E-state index >= 15 is 0 Å². The second kappa shape index (κ2) is 5.94. The van der Waals surface area contributed by atoms with Gasteiger partial charge in [0, 0.05) is 12.1 Å². The maximum absolute atomic E-state index is 8.93. The monoisotopic (exact) mass is 260 g/mol. The second-order valence-corrected chi connectivity index (χ2v) is 5.43. The maximum atomic E-state index is 8.93. The smallest absolute Gasteiger partial charge is 0.231 e. The first-order valence-corrected chi connectivity index (χ1v) is 6.62. The highest BCUT2D eigenvalue weighted by molar-refractivity contribution is 5.48. The minimum Gasteiger partial charge on any atom is -0.454 e. The van der Waals surface area contributed by atoms with Crippen LogP contribution in [0.3, 0.4) is 0 Å². The van der Waals surface area contributed by atoms with Crippen molar-refractivity contribution in [3.63, 3.8) is 0 Å². The molecule has 4 heteroatoms. The van der Waals surface area contributed by atoms with Crippen LogP contribution in [0.4, 0.5) is 0 Å². The molecule has 0 atom stereocenters. The first-order valence-electron chi connectivity index (χ1n) is 6.62. The van der Waals surface area contributed by atoms with E-state index < -0.39 is 0 Å². The molecule has 0 saturated carbocycles. The predicted molar refractivity (Wildman–Crippen MR) is 72.9 cm³/mol. The van der Waals surface area contributed by atoms with E-state index in [1.54, 1.807) is 0 Å². The zero-order valence-corrected chi connectivity index (χ0v) is 11.5. The molecule has 0 fully saturated rings. The van der Waals surface area contributed by atoms with Gasteiger partial charge in [-0.3, -0.25) is 0 Å². The van der Waals surface area contributed by atoms with Gasteiger partial charge in [0.2, 0.25) is 6.79 Å². The molecule has 0 bridgehead atoms. The Bertz CT molecular complexity index is 478. The van der Waals surface area contributed by atoms with Crippen molar-refractivity contribution < 1.29 is 9.47 Å². The van der Waals surface area contributed by atoms with Gasteiger partial charge >= 0.3 is 0 Å². The van der Waals surface area contributed by atoms with E-state index in [9.17, 15) is 0 Å². The molecule has 1 aliphatic heterocycles. The van der Waals surface area contributed by atoms with Gasteiger partial charge in [0.1, 0.15) is 0 Å². The Balaban J connectivity index is 1.75. The van der Waals surface area contributed by atoms with Crippen LogP contribution in [0.2, 0.25) is 0 Å². The fraction of sp³-hybridized carbons (Fsp3) is 0.533. The number of nitrogens with zero attached hydrogens (tertiary/aromatic N) is 1. The molecular weight excluding hydrogens is 240 g/mol. The predicted octanol–water partition coefficient (Wildman–Crippen LogP) is 2.83. The van der Waals surface area contributed by atoms with Gasteiger partial charge in [-0.05, 0) is 39.3 Å². The number of hydrogen-bond donors (Lipinski definition) is 1. The van der Waals surface area contributed by atoms with E-state index in [-0.39, 0.29) is 5.41 Å². The number of fused-ring (bicyclic) bond motifs is 1. The summed E-state index contributed by atoms with van der Waals surface area (Å²) in [6.45, 7) is 5.92. The summed E-state index contributed by atoms with van der Waals surface area (Å²) in [5, 5.41) is 12.3. The largest absolute Gasteiger partial charge is 0.454 e. The lowest BCUT2D eigenvalue weighted by atomic mass is 9.90. The molecule has 1 aliphatic rings. The van der Waals surface area contributed by atoms with E-state index in [0.717, 1.165) is 43.0 Å². The number of hydrogen-bond acceptors (Lipinski definition) is 4. The molecule has 0 spiro atoms. The number of benzene rings is 1. The van der Waals surface area contributed by atoms with E-state index in [1.807, 2.05) is 32.0 Å². The average Bonchev–Trinajstić information content (AvgIpc) is 2.87. The third-order valence-electron chi connectivity index (χ3n) is 3.25. The van der Waals surface area contributed by atoms with Gasteiger partial charge in [-0.25, -0.2) is 0 Å². The van der Waals surface area contributed by atoms with Crippen LogP contribution in [-0.4, -0.2) is 13.3 Å². The van der Waals surface area contributed by atoms with Crippen molar-refractivity contribution in [2.24, 2.45) is 5.41 Å². The van der Waals surface area contributed by atoms with Crippen molar-refractivity contribution in [3.05, 3.63) is 23.8 Å². The lowest BCUT2D eigenvalue weighted by molar-refractivity contribution is 0.173. The molecule has 2 rings (SSSR count). The molecule has 0 aromatic heterocycles. The molecule has 19 heavy (non-hydrogen) atoms. The van der Waals surface area contributed by atoms with Crippen LogP contribution in [0.15, 0.2) is 18.2 Å². The second-order valence-electron chi connectivity index (χ2n) is 5.43. The Hall–Kier alpha value is -1.73. The summed E-state index contributed by atoms with van der Waals surface area (Å²) < 4.78 is 10.8. The molecule has 0 aliphatic carbocycles. The molecule has 4 nitrogen and oxygen atoms in total. The summed E-state index contributed by atoms with van der Waals surface area (Å²) >= 11 is 0. The van der Waals surface area contributed by atoms with Crippen molar-refractivity contribution in [3.8, 4) is 17.6 Å². The van der Waals surface area contributed by atoms with E-state index in [4.69, 9.17) is 14.7 Å². The third-order valence-corrected chi connectivity index (χ3v) is 3.25. The van der Waals surface area contributed by atoms with Gasteiger partial charge in [-0.15, -0.1) is 0 Å². The van der Waals surface area contributed by atoms with Crippen LogP contribution in [0.25, 0.3) is 0 Å². The minimum absolute atomic E-state index is 0.230. The summed E-state index contributed by atoms with van der Waals surface area (Å²) in [6.07, 6.45) is 1.90. The summed E-state index contributed by atoms with van der Waals surface area (Å²) in [4.78, 5) is 0. The van der Waals surface area contributed by atoms with Gasteiger partial charge in [0.05, 0.1) is 11.5 Å². The molecular formula is C15H20N2O2. The fourth-order valence-electron chi connectivity index (χ4n) is 2.06. The van der Waals surface area contributed by atoms with Gasteiger partial charge in [-0.1, -0.05) is 12.1 Å². The highest BCUT2D eigenvalue weighted by Gasteiger charge is 2.17. The van der Waals surface area contributed by atoms with Crippen molar-refractivity contribution in [1.82, 2.24) is 5.32 Å². The molecule has 0 radical (unpaired) electrons.